The van der Waals surface area contributed by atoms with Crippen molar-refractivity contribution in [2.45, 2.75) is 39.3 Å². The third kappa shape index (κ3) is 5.29. The number of Topliss-reactive ketones (excluding diaryl/α,β-unsaturated/α-hetero) is 2. The van der Waals surface area contributed by atoms with Crippen molar-refractivity contribution in [3.8, 4) is 0 Å². The van der Waals surface area contributed by atoms with E-state index in [1.165, 1.54) is 6.92 Å². The van der Waals surface area contributed by atoms with Gasteiger partial charge in [0.15, 0.2) is 0 Å². The van der Waals surface area contributed by atoms with Crippen molar-refractivity contribution in [2.75, 3.05) is 6.61 Å². The van der Waals surface area contributed by atoms with Gasteiger partial charge in [-0.05, 0) is 13.3 Å². The second-order valence-corrected chi connectivity index (χ2v) is 3.65. The molecule has 0 heterocycles. The lowest BCUT2D eigenvalue weighted by Crippen LogP contribution is -2.33. The summed E-state index contributed by atoms with van der Waals surface area (Å²) in [5, 5.41) is 0. The molecule has 0 aromatic rings. The molecular weight excluding hydrogens is 253 g/mol. The maximum atomic E-state index is 12.1. The van der Waals surface area contributed by atoms with Crippen LogP contribution in [-0.2, 0) is 19.1 Å². The minimum Gasteiger partial charge on any atom is -0.465 e. The van der Waals surface area contributed by atoms with Crippen LogP contribution in [-0.4, -0.2) is 30.3 Å². The minimum atomic E-state index is -5.04. The van der Waals surface area contributed by atoms with Crippen LogP contribution < -0.4 is 0 Å². The molecule has 18 heavy (non-hydrogen) atoms. The van der Waals surface area contributed by atoms with E-state index < -0.39 is 36.1 Å². The molecule has 0 fully saturated rings. The van der Waals surface area contributed by atoms with Crippen molar-refractivity contribution in [2.24, 2.45) is 5.92 Å². The fraction of sp³-hybridized carbons (Fsp3) is 0.727. The van der Waals surface area contributed by atoms with Crippen LogP contribution in [0.2, 0.25) is 0 Å². The van der Waals surface area contributed by atoms with E-state index in [0.717, 1.165) is 0 Å². The van der Waals surface area contributed by atoms with E-state index >= 15 is 0 Å². The quantitative estimate of drug-likeness (QED) is 0.523. The third-order valence-electron chi connectivity index (χ3n) is 2.16. The van der Waals surface area contributed by atoms with Gasteiger partial charge in [-0.25, -0.2) is 0 Å². The zero-order valence-electron chi connectivity index (χ0n) is 10.2. The fourth-order valence-electron chi connectivity index (χ4n) is 1.29. The molecule has 1 unspecified atom stereocenters. The first kappa shape index (κ1) is 16.6. The molecule has 104 valence electrons. The number of hydrogen-bond donors (Lipinski definition) is 0. The Morgan fingerprint density at radius 2 is 1.72 bits per heavy atom. The standard InChI is InChI=1S/C11H15F3O4/c1-3-5-8(15)7(10(17)18-4-2)6-9(16)11(12,13)14/h7H,3-6H2,1-2H3. The van der Waals surface area contributed by atoms with E-state index in [4.69, 9.17) is 0 Å². The number of alkyl halides is 3. The monoisotopic (exact) mass is 268 g/mol. The van der Waals surface area contributed by atoms with E-state index in [9.17, 15) is 27.6 Å². The maximum absolute atomic E-state index is 12.1. The topological polar surface area (TPSA) is 60.4 Å². The molecule has 0 N–H and O–H groups in total. The highest BCUT2D eigenvalue weighted by molar-refractivity contribution is 6.03. The van der Waals surface area contributed by atoms with Gasteiger partial charge in [0.1, 0.15) is 11.7 Å². The smallest absolute Gasteiger partial charge is 0.450 e. The second-order valence-electron chi connectivity index (χ2n) is 3.65. The summed E-state index contributed by atoms with van der Waals surface area (Å²) in [5.41, 5.74) is 0. The third-order valence-corrected chi connectivity index (χ3v) is 2.16. The molecule has 1 atom stereocenters. The average Bonchev–Trinajstić information content (AvgIpc) is 2.24. The van der Waals surface area contributed by atoms with Crippen LogP contribution in [0.4, 0.5) is 13.2 Å². The summed E-state index contributed by atoms with van der Waals surface area (Å²) in [5.74, 6) is -5.52. The Bertz CT molecular complexity index is 305. The Balaban J connectivity index is 4.83. The molecule has 0 bridgehead atoms. The molecule has 0 aromatic heterocycles. The van der Waals surface area contributed by atoms with E-state index in [0.29, 0.717) is 6.42 Å². The predicted octanol–water partition coefficient (Wildman–Crippen LogP) is 2.06. The zero-order chi connectivity index (χ0) is 14.3. The highest BCUT2D eigenvalue weighted by Crippen LogP contribution is 2.22. The molecule has 0 rings (SSSR count). The first-order chi connectivity index (χ1) is 8.23. The van der Waals surface area contributed by atoms with Crippen LogP contribution in [0.1, 0.15) is 33.1 Å². The largest absolute Gasteiger partial charge is 0.465 e. The Hall–Kier alpha value is -1.40. The first-order valence-electron chi connectivity index (χ1n) is 5.53. The van der Waals surface area contributed by atoms with Gasteiger partial charge in [0.25, 0.3) is 0 Å². The maximum Gasteiger partial charge on any atom is 0.450 e. The minimum absolute atomic E-state index is 0.0606. The van der Waals surface area contributed by atoms with Gasteiger partial charge in [-0.15, -0.1) is 0 Å². The van der Waals surface area contributed by atoms with Crippen LogP contribution in [0, 0.1) is 5.92 Å². The van der Waals surface area contributed by atoms with Gasteiger partial charge in [-0.3, -0.25) is 14.4 Å². The van der Waals surface area contributed by atoms with Crippen LogP contribution in [0.3, 0.4) is 0 Å². The van der Waals surface area contributed by atoms with Crippen molar-refractivity contribution in [3.63, 3.8) is 0 Å². The van der Waals surface area contributed by atoms with Crippen molar-refractivity contribution in [1.82, 2.24) is 0 Å². The van der Waals surface area contributed by atoms with Crippen LogP contribution in [0.25, 0.3) is 0 Å². The average molecular weight is 268 g/mol. The lowest BCUT2D eigenvalue weighted by Gasteiger charge is -2.14. The second kappa shape index (κ2) is 7.13. The number of halogens is 3. The molecule has 0 aliphatic carbocycles. The highest BCUT2D eigenvalue weighted by Gasteiger charge is 2.42. The van der Waals surface area contributed by atoms with E-state index in [-0.39, 0.29) is 13.0 Å². The Kier molecular flexibility index (Phi) is 6.57. The van der Waals surface area contributed by atoms with Gasteiger partial charge in [-0.2, -0.15) is 13.2 Å². The molecule has 7 heteroatoms. The summed E-state index contributed by atoms with van der Waals surface area (Å²) in [4.78, 5) is 33.7. The summed E-state index contributed by atoms with van der Waals surface area (Å²) in [7, 11) is 0. The fourth-order valence-corrected chi connectivity index (χ4v) is 1.29. The summed E-state index contributed by atoms with van der Waals surface area (Å²) >= 11 is 0. The van der Waals surface area contributed by atoms with Crippen molar-refractivity contribution in [3.05, 3.63) is 0 Å². The number of hydrogen-bond acceptors (Lipinski definition) is 4. The molecule has 0 amide bonds. The van der Waals surface area contributed by atoms with Crippen LogP contribution >= 0.6 is 0 Å². The Morgan fingerprint density at radius 3 is 2.11 bits per heavy atom. The molecule has 0 radical (unpaired) electrons. The molecule has 0 aliphatic heterocycles. The molecule has 0 saturated carbocycles. The zero-order valence-corrected chi connectivity index (χ0v) is 10.2. The molecule has 0 saturated heterocycles. The molecule has 0 spiro atoms. The number of esters is 1. The first-order valence-corrected chi connectivity index (χ1v) is 5.53. The van der Waals surface area contributed by atoms with Crippen molar-refractivity contribution in [1.29, 1.82) is 0 Å². The molecule has 4 nitrogen and oxygen atoms in total. The van der Waals surface area contributed by atoms with E-state index in [2.05, 4.69) is 4.74 Å². The highest BCUT2D eigenvalue weighted by atomic mass is 19.4. The SMILES string of the molecule is CCCC(=O)C(CC(=O)C(F)(F)F)C(=O)OCC. The number of rotatable bonds is 7. The molecular formula is C11H15F3O4. The summed E-state index contributed by atoms with van der Waals surface area (Å²) in [6, 6.07) is 0. The van der Waals surface area contributed by atoms with Gasteiger partial charge in [0.05, 0.1) is 6.61 Å². The van der Waals surface area contributed by atoms with Gasteiger partial charge in [-0.1, -0.05) is 6.92 Å². The normalized spacial score (nSPS) is 12.9. The van der Waals surface area contributed by atoms with Gasteiger partial charge in [0, 0.05) is 12.8 Å². The van der Waals surface area contributed by atoms with Crippen LogP contribution in [0.15, 0.2) is 0 Å². The lowest BCUT2D eigenvalue weighted by atomic mass is 9.94. The Morgan fingerprint density at radius 1 is 1.17 bits per heavy atom. The van der Waals surface area contributed by atoms with Crippen molar-refractivity contribution >= 4 is 17.5 Å². The predicted molar refractivity (Wildman–Crippen MR) is 55.7 cm³/mol. The van der Waals surface area contributed by atoms with Crippen LogP contribution in [0.5, 0.6) is 0 Å². The summed E-state index contributed by atoms with van der Waals surface area (Å²) in [6.45, 7) is 3.05. The van der Waals surface area contributed by atoms with Gasteiger partial charge in [0.2, 0.25) is 5.78 Å². The number of ether oxygens (including phenoxy) is 1. The van der Waals surface area contributed by atoms with E-state index in [1.807, 2.05) is 0 Å². The van der Waals surface area contributed by atoms with Gasteiger partial charge >= 0.3 is 12.1 Å². The Labute approximate surface area is 102 Å². The van der Waals surface area contributed by atoms with Gasteiger partial charge < -0.3 is 4.74 Å². The number of carbonyl (C=O) groups excluding carboxylic acids is 3. The van der Waals surface area contributed by atoms with Crippen molar-refractivity contribution < 1.29 is 32.3 Å². The van der Waals surface area contributed by atoms with E-state index in [1.54, 1.807) is 6.92 Å². The number of ketones is 2. The number of carbonyl (C=O) groups is 3. The molecule has 0 aromatic carbocycles. The lowest BCUT2D eigenvalue weighted by molar-refractivity contribution is -0.174. The summed E-state index contributed by atoms with van der Waals surface area (Å²) in [6.07, 6.45) is -5.90. The molecule has 0 aliphatic rings. The summed E-state index contributed by atoms with van der Waals surface area (Å²) < 4.78 is 40.8.